The van der Waals surface area contributed by atoms with Gasteiger partial charge in [0, 0.05) is 18.1 Å². The number of hydrogen-bond donors (Lipinski definition) is 2. The average Bonchev–Trinajstić information content (AvgIpc) is 3.49. The largest absolute Gasteiger partial charge is 0.494 e. The van der Waals surface area contributed by atoms with Crippen LogP contribution in [-0.2, 0) is 4.79 Å². The SMILES string of the molecule is CCOc1ccc(NC(=O)CNC(=O)c2cnn(-c3ccccc3F)c2-n2cccc2)cc1. The quantitative estimate of drug-likeness (QED) is 0.432. The number of hydrogen-bond acceptors (Lipinski definition) is 4. The molecule has 2 N–H and O–H groups in total. The zero-order chi connectivity index (χ0) is 23.2. The van der Waals surface area contributed by atoms with Gasteiger partial charge in [-0.2, -0.15) is 5.10 Å². The predicted octanol–water partition coefficient (Wildman–Crippen LogP) is 3.57. The van der Waals surface area contributed by atoms with Crippen LogP contribution in [0.4, 0.5) is 10.1 Å². The number of amides is 2. The second-order valence-electron chi connectivity index (χ2n) is 7.02. The van der Waals surface area contributed by atoms with E-state index in [9.17, 15) is 14.0 Å². The van der Waals surface area contributed by atoms with Crippen molar-refractivity contribution in [1.29, 1.82) is 0 Å². The highest BCUT2D eigenvalue weighted by atomic mass is 19.1. The minimum absolute atomic E-state index is 0.198. The minimum atomic E-state index is -0.511. The van der Waals surface area contributed by atoms with Crippen LogP contribution in [0.5, 0.6) is 5.75 Å². The third kappa shape index (κ3) is 4.93. The lowest BCUT2D eigenvalue weighted by molar-refractivity contribution is -0.115. The topological polar surface area (TPSA) is 90.2 Å². The molecule has 9 heteroatoms. The van der Waals surface area contributed by atoms with Crippen molar-refractivity contribution >= 4 is 17.5 Å². The summed E-state index contributed by atoms with van der Waals surface area (Å²) in [5, 5.41) is 9.54. The van der Waals surface area contributed by atoms with Crippen molar-refractivity contribution in [3.63, 3.8) is 0 Å². The smallest absolute Gasteiger partial charge is 0.257 e. The van der Waals surface area contributed by atoms with Crippen molar-refractivity contribution in [2.45, 2.75) is 6.92 Å². The molecule has 168 valence electrons. The number of carbonyl (C=O) groups excluding carboxylic acids is 2. The van der Waals surface area contributed by atoms with Crippen LogP contribution in [-0.4, -0.2) is 39.3 Å². The number of carbonyl (C=O) groups is 2. The summed E-state index contributed by atoms with van der Waals surface area (Å²) in [5.74, 6) is -0.321. The summed E-state index contributed by atoms with van der Waals surface area (Å²) >= 11 is 0. The van der Waals surface area contributed by atoms with Gasteiger partial charge in [0.25, 0.3) is 5.91 Å². The Morgan fingerprint density at radius 1 is 1.03 bits per heavy atom. The molecule has 0 spiro atoms. The van der Waals surface area contributed by atoms with E-state index in [1.165, 1.54) is 16.9 Å². The lowest BCUT2D eigenvalue weighted by Gasteiger charge is -2.12. The number of nitrogens with one attached hydrogen (secondary N) is 2. The first-order valence-electron chi connectivity index (χ1n) is 10.3. The van der Waals surface area contributed by atoms with Gasteiger partial charge in [-0.1, -0.05) is 12.1 Å². The highest BCUT2D eigenvalue weighted by Crippen LogP contribution is 2.22. The van der Waals surface area contributed by atoms with Gasteiger partial charge in [0.2, 0.25) is 5.91 Å². The predicted molar refractivity (Wildman–Crippen MR) is 121 cm³/mol. The standard InChI is InChI=1S/C24H22FN5O3/c1-2-33-18-11-9-17(10-12-18)28-22(31)16-26-23(32)19-15-27-30(21-8-4-3-7-20(21)25)24(19)29-13-5-6-14-29/h3-15H,2,16H2,1H3,(H,26,32)(H,28,31). The molecule has 0 unspecified atom stereocenters. The normalized spacial score (nSPS) is 10.6. The van der Waals surface area contributed by atoms with Crippen molar-refractivity contribution < 1.29 is 18.7 Å². The molecule has 0 radical (unpaired) electrons. The lowest BCUT2D eigenvalue weighted by atomic mass is 10.2. The van der Waals surface area contributed by atoms with Crippen LogP contribution in [0.1, 0.15) is 17.3 Å². The Hall–Kier alpha value is -4.40. The van der Waals surface area contributed by atoms with Crippen LogP contribution in [0, 0.1) is 5.82 Å². The van der Waals surface area contributed by atoms with E-state index >= 15 is 0 Å². The van der Waals surface area contributed by atoms with Crippen molar-refractivity contribution in [1.82, 2.24) is 19.7 Å². The summed E-state index contributed by atoms with van der Waals surface area (Å²) in [5.41, 5.74) is 0.981. The number of anilines is 1. The van der Waals surface area contributed by atoms with Gasteiger partial charge in [-0.25, -0.2) is 9.07 Å². The number of benzene rings is 2. The van der Waals surface area contributed by atoms with Crippen LogP contribution in [0.3, 0.4) is 0 Å². The third-order valence-electron chi connectivity index (χ3n) is 4.78. The maximum absolute atomic E-state index is 14.4. The number of nitrogens with zero attached hydrogens (tertiary/aromatic N) is 3. The van der Waals surface area contributed by atoms with Gasteiger partial charge in [0.15, 0.2) is 5.82 Å². The Kier molecular flexibility index (Phi) is 6.49. The number of rotatable bonds is 8. The molecule has 2 amide bonds. The van der Waals surface area contributed by atoms with E-state index in [1.54, 1.807) is 71.6 Å². The Bertz CT molecular complexity index is 1250. The molecule has 4 rings (SSSR count). The molecular weight excluding hydrogens is 425 g/mol. The molecule has 8 nitrogen and oxygen atoms in total. The molecule has 2 aromatic heterocycles. The molecule has 0 saturated carbocycles. The monoisotopic (exact) mass is 447 g/mol. The number of para-hydroxylation sites is 1. The van der Waals surface area contributed by atoms with Crippen LogP contribution in [0.2, 0.25) is 0 Å². The molecule has 2 heterocycles. The Morgan fingerprint density at radius 3 is 2.45 bits per heavy atom. The minimum Gasteiger partial charge on any atom is -0.494 e. The van der Waals surface area contributed by atoms with Crippen LogP contribution in [0.15, 0.2) is 79.3 Å². The molecule has 0 aliphatic rings. The van der Waals surface area contributed by atoms with Gasteiger partial charge in [0.1, 0.15) is 22.8 Å². The molecule has 0 bridgehead atoms. The second kappa shape index (κ2) is 9.82. The van der Waals surface area contributed by atoms with Crippen LogP contribution < -0.4 is 15.4 Å². The fourth-order valence-electron chi connectivity index (χ4n) is 3.29. The first-order chi connectivity index (χ1) is 16.1. The summed E-state index contributed by atoms with van der Waals surface area (Å²) < 4.78 is 22.8. The Labute approximate surface area is 189 Å². The molecule has 4 aromatic rings. The number of ether oxygens (including phenoxy) is 1. The van der Waals surface area contributed by atoms with E-state index in [1.807, 2.05) is 6.92 Å². The van der Waals surface area contributed by atoms with Crippen LogP contribution in [0.25, 0.3) is 11.5 Å². The fourth-order valence-corrected chi connectivity index (χ4v) is 3.29. The lowest BCUT2D eigenvalue weighted by Crippen LogP contribution is -2.33. The van der Waals surface area contributed by atoms with Gasteiger partial charge < -0.3 is 19.9 Å². The third-order valence-corrected chi connectivity index (χ3v) is 4.78. The van der Waals surface area contributed by atoms with Crippen molar-refractivity contribution in [2.75, 3.05) is 18.5 Å². The maximum atomic E-state index is 14.4. The Morgan fingerprint density at radius 2 is 1.76 bits per heavy atom. The van der Waals surface area contributed by atoms with Crippen molar-refractivity contribution in [3.05, 3.63) is 90.6 Å². The molecule has 0 aliphatic heterocycles. The molecule has 0 aliphatic carbocycles. The van der Waals surface area contributed by atoms with E-state index < -0.39 is 17.6 Å². The molecule has 0 atom stereocenters. The van der Waals surface area contributed by atoms with Crippen molar-refractivity contribution in [3.8, 4) is 17.3 Å². The first kappa shape index (κ1) is 21.8. The first-order valence-corrected chi connectivity index (χ1v) is 10.3. The fraction of sp³-hybridized carbons (Fsp3) is 0.125. The van der Waals surface area contributed by atoms with E-state index in [0.717, 1.165) is 0 Å². The van der Waals surface area contributed by atoms with E-state index in [-0.39, 0.29) is 17.8 Å². The Balaban J connectivity index is 1.49. The van der Waals surface area contributed by atoms with E-state index in [0.29, 0.717) is 23.9 Å². The second-order valence-corrected chi connectivity index (χ2v) is 7.02. The van der Waals surface area contributed by atoms with Gasteiger partial charge in [-0.3, -0.25) is 9.59 Å². The molecule has 2 aromatic carbocycles. The number of halogens is 1. The summed E-state index contributed by atoms with van der Waals surface area (Å²) in [6.45, 7) is 2.19. The summed E-state index contributed by atoms with van der Waals surface area (Å²) in [6, 6.07) is 16.6. The molecular formula is C24H22FN5O3. The summed E-state index contributed by atoms with van der Waals surface area (Å²) in [7, 11) is 0. The highest BCUT2D eigenvalue weighted by Gasteiger charge is 2.21. The average molecular weight is 447 g/mol. The van der Waals surface area contributed by atoms with E-state index in [2.05, 4.69) is 15.7 Å². The highest BCUT2D eigenvalue weighted by molar-refractivity contribution is 6.01. The van der Waals surface area contributed by atoms with Gasteiger partial charge in [-0.15, -0.1) is 0 Å². The van der Waals surface area contributed by atoms with E-state index in [4.69, 9.17) is 4.74 Å². The molecule has 33 heavy (non-hydrogen) atoms. The van der Waals surface area contributed by atoms with Gasteiger partial charge in [0.05, 0.1) is 19.3 Å². The molecule has 0 fully saturated rings. The van der Waals surface area contributed by atoms with Gasteiger partial charge >= 0.3 is 0 Å². The summed E-state index contributed by atoms with van der Waals surface area (Å²) in [4.78, 5) is 25.2. The van der Waals surface area contributed by atoms with Crippen LogP contribution >= 0.6 is 0 Å². The number of aromatic nitrogens is 3. The summed E-state index contributed by atoms with van der Waals surface area (Å²) in [6.07, 6.45) is 4.80. The van der Waals surface area contributed by atoms with Gasteiger partial charge in [-0.05, 0) is 55.5 Å². The molecule has 0 saturated heterocycles. The zero-order valence-corrected chi connectivity index (χ0v) is 17.9. The zero-order valence-electron chi connectivity index (χ0n) is 17.9. The maximum Gasteiger partial charge on any atom is 0.257 e. The van der Waals surface area contributed by atoms with Crippen molar-refractivity contribution in [2.24, 2.45) is 0 Å².